The van der Waals surface area contributed by atoms with E-state index in [1.807, 2.05) is 7.05 Å². The third kappa shape index (κ3) is 3.98. The van der Waals surface area contributed by atoms with Crippen molar-refractivity contribution < 1.29 is 12.9 Å². The highest BCUT2D eigenvalue weighted by molar-refractivity contribution is 7.87. The van der Waals surface area contributed by atoms with Crippen LogP contribution in [0.1, 0.15) is 24.6 Å². The Hall–Kier alpha value is -1.03. The molecule has 0 aromatic carbocycles. The Kier molecular flexibility index (Phi) is 5.08. The zero-order chi connectivity index (χ0) is 14.6. The van der Waals surface area contributed by atoms with Crippen LogP contribution in [0.25, 0.3) is 0 Å². The number of piperidine rings is 1. The third-order valence-electron chi connectivity index (χ3n) is 3.30. The van der Waals surface area contributed by atoms with Gasteiger partial charge in [0.2, 0.25) is 5.89 Å². The van der Waals surface area contributed by atoms with Crippen LogP contribution in [0, 0.1) is 12.8 Å². The summed E-state index contributed by atoms with van der Waals surface area (Å²) in [7, 11) is -1.61. The largest absolute Gasteiger partial charge is 0.340 e. The summed E-state index contributed by atoms with van der Waals surface area (Å²) in [5, 5.41) is 6.76. The number of hydrogen-bond acceptors (Lipinski definition) is 6. The lowest BCUT2D eigenvalue weighted by Gasteiger charge is -2.31. The Balaban J connectivity index is 1.92. The Morgan fingerprint density at radius 3 is 2.95 bits per heavy atom. The molecule has 0 spiro atoms. The fraction of sp³-hybridized carbons (Fsp3) is 0.818. The van der Waals surface area contributed by atoms with Crippen molar-refractivity contribution in [2.45, 2.75) is 26.3 Å². The van der Waals surface area contributed by atoms with Gasteiger partial charge in [0, 0.05) is 20.0 Å². The average Bonchev–Trinajstić information content (AvgIpc) is 2.83. The van der Waals surface area contributed by atoms with Gasteiger partial charge in [-0.3, -0.25) is 0 Å². The minimum Gasteiger partial charge on any atom is -0.340 e. The summed E-state index contributed by atoms with van der Waals surface area (Å²) in [6.45, 7) is 3.64. The van der Waals surface area contributed by atoms with Crippen molar-refractivity contribution in [2.24, 2.45) is 5.92 Å². The van der Waals surface area contributed by atoms with E-state index in [1.165, 1.54) is 4.31 Å². The van der Waals surface area contributed by atoms with Crippen LogP contribution in [0.5, 0.6) is 0 Å². The lowest BCUT2D eigenvalue weighted by atomic mass is 10.00. The quantitative estimate of drug-likeness (QED) is 0.744. The van der Waals surface area contributed by atoms with E-state index >= 15 is 0 Å². The SMILES string of the molecule is CNCC1CCCN(S(=O)(=O)NCc2noc(C)n2)C1. The number of rotatable bonds is 6. The number of hydrogen-bond donors (Lipinski definition) is 2. The molecule has 0 bridgehead atoms. The van der Waals surface area contributed by atoms with Gasteiger partial charge in [-0.15, -0.1) is 0 Å². The van der Waals surface area contributed by atoms with E-state index in [4.69, 9.17) is 4.52 Å². The highest BCUT2D eigenvalue weighted by Gasteiger charge is 2.28. The van der Waals surface area contributed by atoms with Crippen LogP contribution in [0.15, 0.2) is 4.52 Å². The fourth-order valence-corrected chi connectivity index (χ4v) is 3.63. The van der Waals surface area contributed by atoms with Crippen LogP contribution < -0.4 is 10.0 Å². The first-order chi connectivity index (χ1) is 9.51. The molecule has 20 heavy (non-hydrogen) atoms. The first kappa shape index (κ1) is 15.4. The van der Waals surface area contributed by atoms with Crippen molar-refractivity contribution in [3.05, 3.63) is 11.7 Å². The van der Waals surface area contributed by atoms with Gasteiger partial charge in [-0.1, -0.05) is 5.16 Å². The lowest BCUT2D eigenvalue weighted by molar-refractivity contribution is 0.260. The van der Waals surface area contributed by atoms with Crippen molar-refractivity contribution in [3.8, 4) is 0 Å². The van der Waals surface area contributed by atoms with Gasteiger partial charge in [-0.2, -0.15) is 22.4 Å². The van der Waals surface area contributed by atoms with Crippen molar-refractivity contribution in [2.75, 3.05) is 26.7 Å². The molecule has 0 amide bonds. The second-order valence-corrected chi connectivity index (χ2v) is 6.73. The fourth-order valence-electron chi connectivity index (χ4n) is 2.36. The molecule has 1 saturated heterocycles. The summed E-state index contributed by atoms with van der Waals surface area (Å²) < 4.78 is 33.3. The van der Waals surface area contributed by atoms with E-state index in [0.717, 1.165) is 19.4 Å². The molecule has 2 heterocycles. The van der Waals surface area contributed by atoms with Gasteiger partial charge in [0.15, 0.2) is 5.82 Å². The van der Waals surface area contributed by atoms with Gasteiger partial charge in [-0.05, 0) is 32.4 Å². The van der Waals surface area contributed by atoms with Crippen molar-refractivity contribution in [3.63, 3.8) is 0 Å². The zero-order valence-electron chi connectivity index (χ0n) is 11.8. The van der Waals surface area contributed by atoms with E-state index in [2.05, 4.69) is 20.2 Å². The highest BCUT2D eigenvalue weighted by atomic mass is 32.2. The first-order valence-corrected chi connectivity index (χ1v) is 8.14. The van der Waals surface area contributed by atoms with Gasteiger partial charge in [-0.25, -0.2) is 0 Å². The molecule has 1 aliphatic heterocycles. The molecule has 1 atom stereocenters. The normalized spacial score (nSPS) is 21.2. The molecule has 1 fully saturated rings. The summed E-state index contributed by atoms with van der Waals surface area (Å²) in [4.78, 5) is 3.97. The molecule has 1 unspecified atom stereocenters. The number of aryl methyl sites for hydroxylation is 1. The Bertz CT molecular complexity index is 528. The lowest BCUT2D eigenvalue weighted by Crippen LogP contribution is -2.47. The van der Waals surface area contributed by atoms with Crippen LogP contribution in [0.3, 0.4) is 0 Å². The van der Waals surface area contributed by atoms with E-state index in [0.29, 0.717) is 30.7 Å². The molecule has 8 nitrogen and oxygen atoms in total. The van der Waals surface area contributed by atoms with Crippen molar-refractivity contribution in [1.29, 1.82) is 0 Å². The molecule has 114 valence electrons. The molecule has 0 aliphatic carbocycles. The minimum atomic E-state index is -3.49. The summed E-state index contributed by atoms with van der Waals surface area (Å²) in [6, 6.07) is 0. The van der Waals surface area contributed by atoms with E-state index in [-0.39, 0.29) is 6.54 Å². The maximum atomic E-state index is 12.2. The zero-order valence-corrected chi connectivity index (χ0v) is 12.6. The predicted molar refractivity (Wildman–Crippen MR) is 73.0 cm³/mol. The second-order valence-electron chi connectivity index (χ2n) is 4.98. The molecular formula is C11H21N5O3S. The topological polar surface area (TPSA) is 100 Å². The monoisotopic (exact) mass is 303 g/mol. The molecule has 1 aromatic rings. The Morgan fingerprint density at radius 1 is 1.50 bits per heavy atom. The number of aromatic nitrogens is 2. The smallest absolute Gasteiger partial charge is 0.279 e. The maximum Gasteiger partial charge on any atom is 0.279 e. The van der Waals surface area contributed by atoms with Gasteiger partial charge in [0.1, 0.15) is 0 Å². The Morgan fingerprint density at radius 2 is 2.30 bits per heavy atom. The molecule has 9 heteroatoms. The van der Waals surface area contributed by atoms with Crippen LogP contribution in [-0.2, 0) is 16.8 Å². The molecule has 2 N–H and O–H groups in total. The van der Waals surface area contributed by atoms with E-state index in [9.17, 15) is 8.42 Å². The third-order valence-corrected chi connectivity index (χ3v) is 4.82. The van der Waals surface area contributed by atoms with Gasteiger partial charge in [0.05, 0.1) is 6.54 Å². The Labute approximate surface area is 119 Å². The van der Waals surface area contributed by atoms with E-state index in [1.54, 1.807) is 6.92 Å². The van der Waals surface area contributed by atoms with Crippen molar-refractivity contribution >= 4 is 10.2 Å². The second kappa shape index (κ2) is 6.61. The highest BCUT2D eigenvalue weighted by Crippen LogP contribution is 2.18. The first-order valence-electron chi connectivity index (χ1n) is 6.70. The van der Waals surface area contributed by atoms with E-state index < -0.39 is 10.2 Å². The number of nitrogens with one attached hydrogen (secondary N) is 2. The maximum absolute atomic E-state index is 12.2. The summed E-state index contributed by atoms with van der Waals surface area (Å²) >= 11 is 0. The van der Waals surface area contributed by atoms with Gasteiger partial charge >= 0.3 is 0 Å². The van der Waals surface area contributed by atoms with Crippen LogP contribution in [0.2, 0.25) is 0 Å². The van der Waals surface area contributed by atoms with Crippen molar-refractivity contribution in [1.82, 2.24) is 24.5 Å². The standard InChI is InChI=1S/C11H21N5O3S/c1-9-14-11(15-19-9)7-13-20(17,18)16-5-3-4-10(8-16)6-12-2/h10,12-13H,3-8H2,1-2H3. The molecule has 0 saturated carbocycles. The predicted octanol–water partition coefficient (Wildman–Crippen LogP) is -0.356. The molecule has 2 rings (SSSR count). The average molecular weight is 303 g/mol. The van der Waals surface area contributed by atoms with Crippen LogP contribution in [0.4, 0.5) is 0 Å². The van der Waals surface area contributed by atoms with Crippen LogP contribution >= 0.6 is 0 Å². The molecule has 1 aromatic heterocycles. The summed E-state index contributed by atoms with van der Waals surface area (Å²) in [5.74, 6) is 1.12. The van der Waals surface area contributed by atoms with Gasteiger partial charge < -0.3 is 9.84 Å². The van der Waals surface area contributed by atoms with Gasteiger partial charge in [0.25, 0.3) is 10.2 Å². The number of nitrogens with zero attached hydrogens (tertiary/aromatic N) is 3. The minimum absolute atomic E-state index is 0.0485. The summed E-state index contributed by atoms with van der Waals surface area (Å²) in [6.07, 6.45) is 1.94. The molecular weight excluding hydrogens is 282 g/mol. The molecule has 0 radical (unpaired) electrons. The molecule has 1 aliphatic rings. The summed E-state index contributed by atoms with van der Waals surface area (Å²) in [5.41, 5.74) is 0. The van der Waals surface area contributed by atoms with Crippen LogP contribution in [-0.4, -0.2) is 49.5 Å².